The van der Waals surface area contributed by atoms with E-state index in [1.54, 1.807) is 18.3 Å². The summed E-state index contributed by atoms with van der Waals surface area (Å²) < 4.78 is 0.653. The van der Waals surface area contributed by atoms with Crippen molar-refractivity contribution >= 4 is 27.7 Å². The Hall–Kier alpha value is -1.43. The molecule has 1 saturated heterocycles. The predicted molar refractivity (Wildman–Crippen MR) is 79.3 cm³/mol. The topological polar surface area (TPSA) is 62.3 Å². The maximum Gasteiger partial charge on any atom is 0.271 e. The first-order chi connectivity index (χ1) is 9.68. The highest BCUT2D eigenvalue weighted by atomic mass is 79.9. The summed E-state index contributed by atoms with van der Waals surface area (Å²) in [7, 11) is 0. The lowest BCUT2D eigenvalue weighted by molar-refractivity contribution is -0.131. The van der Waals surface area contributed by atoms with E-state index in [9.17, 15) is 9.59 Å². The first-order valence-electron chi connectivity index (χ1n) is 6.85. The Balaban J connectivity index is 1.76. The second-order valence-corrected chi connectivity index (χ2v) is 5.64. The number of nitrogens with one attached hydrogen (secondary N) is 1. The molecule has 2 amide bonds. The average molecular weight is 340 g/mol. The van der Waals surface area contributed by atoms with Gasteiger partial charge >= 0.3 is 0 Å². The number of piperidine rings is 1. The van der Waals surface area contributed by atoms with Crippen molar-refractivity contribution in [3.8, 4) is 0 Å². The number of nitrogens with zero attached hydrogens (tertiary/aromatic N) is 2. The van der Waals surface area contributed by atoms with Crippen molar-refractivity contribution in [3.63, 3.8) is 0 Å². The van der Waals surface area contributed by atoms with Crippen molar-refractivity contribution < 1.29 is 9.59 Å². The Labute approximate surface area is 126 Å². The van der Waals surface area contributed by atoms with Crippen LogP contribution in [0.5, 0.6) is 0 Å². The van der Waals surface area contributed by atoms with Crippen LogP contribution >= 0.6 is 15.9 Å². The van der Waals surface area contributed by atoms with Gasteiger partial charge in [0.05, 0.1) is 0 Å². The van der Waals surface area contributed by atoms with Crippen LogP contribution in [-0.4, -0.2) is 41.3 Å². The maximum atomic E-state index is 11.9. The van der Waals surface area contributed by atoms with Crippen molar-refractivity contribution in [1.82, 2.24) is 15.2 Å². The number of hydrogen-bond acceptors (Lipinski definition) is 3. The standard InChI is InChI=1S/C14H18BrN3O2/c15-11-5-4-7-16-13(11)14(20)17-8-6-12(19)18-9-2-1-3-10-18/h4-5,7H,1-3,6,8-10H2,(H,17,20). The van der Waals surface area contributed by atoms with Crippen LogP contribution in [0.4, 0.5) is 0 Å². The van der Waals surface area contributed by atoms with Gasteiger partial charge in [0.15, 0.2) is 0 Å². The third-order valence-corrected chi connectivity index (χ3v) is 3.95. The van der Waals surface area contributed by atoms with Gasteiger partial charge in [-0.2, -0.15) is 0 Å². The number of pyridine rings is 1. The molecule has 0 spiro atoms. The van der Waals surface area contributed by atoms with Crippen molar-refractivity contribution in [3.05, 3.63) is 28.5 Å². The number of likely N-dealkylation sites (tertiary alicyclic amines) is 1. The minimum Gasteiger partial charge on any atom is -0.350 e. The molecule has 1 aliphatic heterocycles. The summed E-state index contributed by atoms with van der Waals surface area (Å²) in [6.45, 7) is 2.04. The minimum atomic E-state index is -0.260. The summed E-state index contributed by atoms with van der Waals surface area (Å²) in [6, 6.07) is 3.52. The van der Waals surface area contributed by atoms with Crippen molar-refractivity contribution in [2.75, 3.05) is 19.6 Å². The van der Waals surface area contributed by atoms with Gasteiger partial charge in [0, 0.05) is 36.7 Å². The van der Waals surface area contributed by atoms with E-state index in [1.165, 1.54) is 6.42 Å². The number of carbonyl (C=O) groups excluding carboxylic acids is 2. The fraction of sp³-hybridized carbons (Fsp3) is 0.500. The predicted octanol–water partition coefficient (Wildman–Crippen LogP) is 1.98. The molecular weight excluding hydrogens is 322 g/mol. The smallest absolute Gasteiger partial charge is 0.271 e. The molecule has 1 fully saturated rings. The second-order valence-electron chi connectivity index (χ2n) is 4.78. The number of carbonyl (C=O) groups is 2. The zero-order valence-corrected chi connectivity index (χ0v) is 12.9. The summed E-state index contributed by atoms with van der Waals surface area (Å²) in [5.41, 5.74) is 0.345. The third-order valence-electron chi connectivity index (χ3n) is 3.31. The molecule has 1 aromatic rings. The van der Waals surface area contributed by atoms with E-state index in [1.807, 2.05) is 4.90 Å². The molecule has 0 bridgehead atoms. The molecular formula is C14H18BrN3O2. The van der Waals surface area contributed by atoms with Gasteiger partial charge in [0.25, 0.3) is 5.91 Å². The van der Waals surface area contributed by atoms with E-state index in [0.29, 0.717) is 23.1 Å². The highest BCUT2D eigenvalue weighted by molar-refractivity contribution is 9.10. The summed E-state index contributed by atoms with van der Waals surface area (Å²) in [6.07, 6.45) is 5.28. The van der Waals surface area contributed by atoms with Crippen LogP contribution in [-0.2, 0) is 4.79 Å². The molecule has 0 unspecified atom stereocenters. The SMILES string of the molecule is O=C(NCCC(=O)N1CCCCC1)c1ncccc1Br. The van der Waals surface area contributed by atoms with Crippen LogP contribution in [0.3, 0.4) is 0 Å². The van der Waals surface area contributed by atoms with Crippen LogP contribution in [0.2, 0.25) is 0 Å². The van der Waals surface area contributed by atoms with E-state index in [-0.39, 0.29) is 11.8 Å². The number of rotatable bonds is 4. The number of amides is 2. The second kappa shape index (κ2) is 7.38. The molecule has 0 atom stereocenters. The first-order valence-corrected chi connectivity index (χ1v) is 7.64. The van der Waals surface area contributed by atoms with Crippen LogP contribution in [0.1, 0.15) is 36.2 Å². The summed E-state index contributed by atoms with van der Waals surface area (Å²) in [4.78, 5) is 29.7. The highest BCUT2D eigenvalue weighted by Crippen LogP contribution is 2.13. The van der Waals surface area contributed by atoms with Gasteiger partial charge in [-0.15, -0.1) is 0 Å². The summed E-state index contributed by atoms with van der Waals surface area (Å²) >= 11 is 3.28. The fourth-order valence-electron chi connectivity index (χ4n) is 2.22. The monoisotopic (exact) mass is 339 g/mol. The summed E-state index contributed by atoms with van der Waals surface area (Å²) in [5.74, 6) is -0.144. The lowest BCUT2D eigenvalue weighted by Crippen LogP contribution is -2.37. The van der Waals surface area contributed by atoms with Crippen LogP contribution < -0.4 is 5.32 Å². The number of halogens is 1. The van der Waals surface area contributed by atoms with Crippen molar-refractivity contribution in [1.29, 1.82) is 0 Å². The molecule has 0 radical (unpaired) electrons. The molecule has 20 heavy (non-hydrogen) atoms. The van der Waals surface area contributed by atoms with E-state index in [4.69, 9.17) is 0 Å². The van der Waals surface area contributed by atoms with E-state index >= 15 is 0 Å². The summed E-state index contributed by atoms with van der Waals surface area (Å²) in [5, 5.41) is 2.73. The van der Waals surface area contributed by atoms with Gasteiger partial charge in [-0.3, -0.25) is 9.59 Å². The van der Waals surface area contributed by atoms with Crippen molar-refractivity contribution in [2.24, 2.45) is 0 Å². The van der Waals surface area contributed by atoms with Gasteiger partial charge in [-0.1, -0.05) is 0 Å². The molecule has 2 rings (SSSR count). The largest absolute Gasteiger partial charge is 0.350 e. The molecule has 1 aromatic heterocycles. The van der Waals surface area contributed by atoms with Gasteiger partial charge in [0.2, 0.25) is 5.91 Å². The Morgan fingerprint density at radius 3 is 2.75 bits per heavy atom. The highest BCUT2D eigenvalue weighted by Gasteiger charge is 2.17. The zero-order chi connectivity index (χ0) is 14.4. The average Bonchev–Trinajstić information content (AvgIpc) is 2.48. The van der Waals surface area contributed by atoms with Gasteiger partial charge in [-0.25, -0.2) is 4.98 Å². The maximum absolute atomic E-state index is 11.9. The Bertz CT molecular complexity index is 487. The minimum absolute atomic E-state index is 0.116. The van der Waals surface area contributed by atoms with Gasteiger partial charge in [0.1, 0.15) is 5.69 Å². The van der Waals surface area contributed by atoms with E-state index in [2.05, 4.69) is 26.2 Å². The Morgan fingerprint density at radius 2 is 2.05 bits per heavy atom. The molecule has 108 valence electrons. The van der Waals surface area contributed by atoms with E-state index < -0.39 is 0 Å². The molecule has 5 nitrogen and oxygen atoms in total. The zero-order valence-electron chi connectivity index (χ0n) is 11.3. The number of hydrogen-bond donors (Lipinski definition) is 1. The lowest BCUT2D eigenvalue weighted by Gasteiger charge is -2.26. The molecule has 0 aromatic carbocycles. The molecule has 1 N–H and O–H groups in total. The van der Waals surface area contributed by atoms with Gasteiger partial charge < -0.3 is 10.2 Å². The molecule has 0 saturated carbocycles. The van der Waals surface area contributed by atoms with E-state index in [0.717, 1.165) is 25.9 Å². The van der Waals surface area contributed by atoms with Crippen LogP contribution in [0, 0.1) is 0 Å². The normalized spacial score (nSPS) is 14.9. The Morgan fingerprint density at radius 1 is 1.30 bits per heavy atom. The fourth-order valence-corrected chi connectivity index (χ4v) is 2.66. The van der Waals surface area contributed by atoms with Gasteiger partial charge in [-0.05, 0) is 47.3 Å². The van der Waals surface area contributed by atoms with Crippen molar-refractivity contribution in [2.45, 2.75) is 25.7 Å². The molecule has 6 heteroatoms. The Kier molecular flexibility index (Phi) is 5.52. The van der Waals surface area contributed by atoms with Crippen LogP contribution in [0.15, 0.2) is 22.8 Å². The molecule has 0 aliphatic carbocycles. The first kappa shape index (κ1) is 15.0. The molecule has 2 heterocycles. The van der Waals surface area contributed by atoms with Crippen LogP contribution in [0.25, 0.3) is 0 Å². The lowest BCUT2D eigenvalue weighted by atomic mass is 10.1. The third kappa shape index (κ3) is 4.03. The number of aromatic nitrogens is 1. The quantitative estimate of drug-likeness (QED) is 0.912. The molecule has 1 aliphatic rings.